The molecule has 124 valence electrons. The molecule has 0 heterocycles. The summed E-state index contributed by atoms with van der Waals surface area (Å²) in [6.07, 6.45) is 5.86. The van der Waals surface area contributed by atoms with E-state index in [1.807, 2.05) is 0 Å². The first-order chi connectivity index (χ1) is 10.0. The van der Waals surface area contributed by atoms with E-state index in [1.54, 1.807) is 0 Å². The normalized spacial score (nSPS) is 13.7. The predicted octanol–water partition coefficient (Wildman–Crippen LogP) is 1.86. The maximum atomic E-state index is 11.7. The highest BCUT2D eigenvalue weighted by Gasteiger charge is 2.18. The third-order valence-corrected chi connectivity index (χ3v) is 4.01. The van der Waals surface area contributed by atoms with Crippen LogP contribution in [0.2, 0.25) is 0 Å². The molecule has 0 aliphatic heterocycles. The van der Waals surface area contributed by atoms with Gasteiger partial charge in [0, 0.05) is 11.7 Å². The van der Waals surface area contributed by atoms with Crippen molar-refractivity contribution in [2.45, 2.75) is 62.7 Å². The fourth-order valence-electron chi connectivity index (χ4n) is 1.98. The Kier molecular flexibility index (Phi) is 13.0. The minimum Gasteiger partial charge on any atom is -0.480 e. The molecule has 0 bridgehead atoms. The Morgan fingerprint density at radius 3 is 2.33 bits per heavy atom. The molecule has 2 unspecified atom stereocenters. The second kappa shape index (κ2) is 13.3. The summed E-state index contributed by atoms with van der Waals surface area (Å²) in [6.45, 7) is 0.539. The first-order valence-electron chi connectivity index (χ1n) is 7.52. The van der Waals surface area contributed by atoms with E-state index in [0.717, 1.165) is 37.9 Å². The molecule has 0 rings (SSSR count). The lowest BCUT2D eigenvalue weighted by atomic mass is 10.1. The van der Waals surface area contributed by atoms with Crippen molar-refractivity contribution in [3.63, 3.8) is 0 Å². The van der Waals surface area contributed by atoms with Gasteiger partial charge < -0.3 is 16.2 Å². The second-order valence-electron chi connectivity index (χ2n) is 5.15. The highest BCUT2D eigenvalue weighted by molar-refractivity contribution is 7.81. The van der Waals surface area contributed by atoms with Crippen molar-refractivity contribution >= 4 is 37.1 Å². The highest BCUT2D eigenvalue weighted by atomic mass is 32.1. The Balaban J connectivity index is 3.85. The Morgan fingerprint density at radius 2 is 1.76 bits per heavy atom. The summed E-state index contributed by atoms with van der Waals surface area (Å²) in [5.41, 5.74) is 5.37. The number of rotatable bonds is 13. The number of thiol groups is 2. The maximum absolute atomic E-state index is 11.7. The summed E-state index contributed by atoms with van der Waals surface area (Å²) in [5.74, 6) is -0.359. The molecule has 21 heavy (non-hydrogen) atoms. The van der Waals surface area contributed by atoms with Gasteiger partial charge in [-0.15, -0.1) is 0 Å². The van der Waals surface area contributed by atoms with Gasteiger partial charge in [0.15, 0.2) is 0 Å². The fourth-order valence-corrected chi connectivity index (χ4v) is 2.80. The number of amides is 1. The molecule has 5 nitrogen and oxygen atoms in total. The molecule has 0 aromatic rings. The van der Waals surface area contributed by atoms with Crippen LogP contribution in [0.3, 0.4) is 0 Å². The third kappa shape index (κ3) is 11.9. The first kappa shape index (κ1) is 20.6. The van der Waals surface area contributed by atoms with Crippen molar-refractivity contribution < 1.29 is 14.7 Å². The largest absolute Gasteiger partial charge is 0.480 e. The van der Waals surface area contributed by atoms with Gasteiger partial charge in [-0.3, -0.25) is 4.79 Å². The van der Waals surface area contributed by atoms with E-state index < -0.39 is 12.0 Å². The molecule has 7 heteroatoms. The molecule has 0 aliphatic rings. The summed E-state index contributed by atoms with van der Waals surface area (Å²) in [6, 6.07) is -0.800. The van der Waals surface area contributed by atoms with E-state index in [1.165, 1.54) is 0 Å². The van der Waals surface area contributed by atoms with E-state index in [-0.39, 0.29) is 5.91 Å². The molecular formula is C14H28N2O3S2. The lowest BCUT2D eigenvalue weighted by Gasteiger charge is -2.14. The topological polar surface area (TPSA) is 92.4 Å². The van der Waals surface area contributed by atoms with Crippen molar-refractivity contribution in [1.82, 2.24) is 5.32 Å². The number of aliphatic carboxylic acids is 1. The number of carbonyl (C=O) groups is 2. The predicted molar refractivity (Wildman–Crippen MR) is 92.2 cm³/mol. The fraction of sp³-hybridized carbons (Fsp3) is 0.857. The van der Waals surface area contributed by atoms with Crippen LogP contribution in [-0.4, -0.2) is 40.6 Å². The van der Waals surface area contributed by atoms with E-state index >= 15 is 0 Å². The third-order valence-electron chi connectivity index (χ3n) is 3.23. The van der Waals surface area contributed by atoms with Crippen LogP contribution in [0.25, 0.3) is 0 Å². The van der Waals surface area contributed by atoms with Crippen molar-refractivity contribution in [3.8, 4) is 0 Å². The van der Waals surface area contributed by atoms with Gasteiger partial charge in [-0.05, 0) is 50.8 Å². The Morgan fingerprint density at radius 1 is 1.10 bits per heavy atom. The zero-order valence-electron chi connectivity index (χ0n) is 12.5. The molecule has 2 atom stereocenters. The number of unbranched alkanes of at least 4 members (excludes halogenated alkanes) is 2. The summed E-state index contributed by atoms with van der Waals surface area (Å²) in [7, 11) is 0. The molecule has 0 fully saturated rings. The average Bonchev–Trinajstić information content (AvgIpc) is 2.43. The number of hydrogen-bond donors (Lipinski definition) is 5. The zero-order chi connectivity index (χ0) is 16.1. The van der Waals surface area contributed by atoms with Crippen LogP contribution >= 0.6 is 25.3 Å². The Labute approximate surface area is 138 Å². The van der Waals surface area contributed by atoms with Crippen LogP contribution in [0, 0.1) is 0 Å². The molecular weight excluding hydrogens is 308 g/mol. The van der Waals surface area contributed by atoms with Crippen LogP contribution in [-0.2, 0) is 9.59 Å². The average molecular weight is 337 g/mol. The van der Waals surface area contributed by atoms with Gasteiger partial charge in [0.25, 0.3) is 0 Å². The minimum atomic E-state index is -0.982. The number of carbonyl (C=O) groups excluding carboxylic acids is 1. The van der Waals surface area contributed by atoms with E-state index in [2.05, 4.69) is 30.6 Å². The van der Waals surface area contributed by atoms with Gasteiger partial charge in [-0.2, -0.15) is 25.3 Å². The second-order valence-corrected chi connectivity index (χ2v) is 6.33. The van der Waals surface area contributed by atoms with Gasteiger partial charge in [-0.25, -0.2) is 4.79 Å². The van der Waals surface area contributed by atoms with Gasteiger partial charge in [0.05, 0.1) is 0 Å². The summed E-state index contributed by atoms with van der Waals surface area (Å²) >= 11 is 8.58. The molecule has 0 radical (unpaired) electrons. The summed E-state index contributed by atoms with van der Waals surface area (Å²) in [5, 5.41) is 12.0. The minimum absolute atomic E-state index is 0.194. The van der Waals surface area contributed by atoms with Crippen LogP contribution in [0.15, 0.2) is 0 Å². The molecule has 0 aromatic heterocycles. The summed E-state index contributed by atoms with van der Waals surface area (Å²) in [4.78, 5) is 22.8. The standard InChI is InChI=1S/C14H28N2O3S2/c15-9-4-3-6-12(14(18)19)16-13(17)7-2-1-5-11(21)8-10-20/h11-12,20-21H,1-10,15H2,(H,16,17)(H,18,19). The van der Waals surface area contributed by atoms with Crippen LogP contribution in [0.1, 0.15) is 51.4 Å². The van der Waals surface area contributed by atoms with E-state index in [9.17, 15) is 9.59 Å². The molecule has 4 N–H and O–H groups in total. The lowest BCUT2D eigenvalue weighted by Crippen LogP contribution is -2.40. The monoisotopic (exact) mass is 336 g/mol. The van der Waals surface area contributed by atoms with Gasteiger partial charge in [-0.1, -0.05) is 6.42 Å². The SMILES string of the molecule is NCCCCC(NC(=O)CCCCC(S)CCS)C(=O)O. The smallest absolute Gasteiger partial charge is 0.326 e. The number of nitrogens with two attached hydrogens (primary N) is 1. The zero-order valence-corrected chi connectivity index (χ0v) is 14.3. The Hall–Kier alpha value is -0.400. The number of carboxylic acid groups (broad SMARTS) is 1. The van der Waals surface area contributed by atoms with Crippen molar-refractivity contribution in [2.24, 2.45) is 5.73 Å². The van der Waals surface area contributed by atoms with E-state index in [4.69, 9.17) is 10.8 Å². The quantitative estimate of drug-likeness (QED) is 0.262. The van der Waals surface area contributed by atoms with Crippen molar-refractivity contribution in [1.29, 1.82) is 0 Å². The number of carboxylic acids is 1. The van der Waals surface area contributed by atoms with Gasteiger partial charge in [0.1, 0.15) is 6.04 Å². The van der Waals surface area contributed by atoms with Crippen LogP contribution in [0.4, 0.5) is 0 Å². The van der Waals surface area contributed by atoms with Crippen LogP contribution < -0.4 is 11.1 Å². The van der Waals surface area contributed by atoms with Crippen molar-refractivity contribution in [3.05, 3.63) is 0 Å². The summed E-state index contributed by atoms with van der Waals surface area (Å²) < 4.78 is 0. The Bertz CT molecular complexity index is 304. The molecule has 0 saturated heterocycles. The number of nitrogens with one attached hydrogen (secondary N) is 1. The van der Waals surface area contributed by atoms with E-state index in [0.29, 0.717) is 31.1 Å². The van der Waals surface area contributed by atoms with Gasteiger partial charge >= 0.3 is 5.97 Å². The molecule has 0 aromatic carbocycles. The first-order valence-corrected chi connectivity index (χ1v) is 8.67. The molecule has 0 saturated carbocycles. The van der Waals surface area contributed by atoms with Gasteiger partial charge in [0.2, 0.25) is 5.91 Å². The van der Waals surface area contributed by atoms with Crippen molar-refractivity contribution in [2.75, 3.05) is 12.3 Å². The molecule has 0 aliphatic carbocycles. The molecule has 0 spiro atoms. The lowest BCUT2D eigenvalue weighted by molar-refractivity contribution is -0.142. The number of hydrogen-bond acceptors (Lipinski definition) is 5. The van der Waals surface area contributed by atoms with Crippen LogP contribution in [0.5, 0.6) is 0 Å². The maximum Gasteiger partial charge on any atom is 0.326 e. The highest BCUT2D eigenvalue weighted by Crippen LogP contribution is 2.12. The molecule has 1 amide bonds.